The van der Waals surface area contributed by atoms with E-state index in [1.54, 1.807) is 38.5 Å². The molecule has 4 aromatic rings. The summed E-state index contributed by atoms with van der Waals surface area (Å²) in [5.41, 5.74) is 2.17. The molecule has 0 bridgehead atoms. The van der Waals surface area contributed by atoms with Gasteiger partial charge in [0.05, 0.1) is 19.8 Å². The van der Waals surface area contributed by atoms with Crippen LogP contribution in [0.4, 0.5) is 0 Å². The molecular formula is C24H20O5. The van der Waals surface area contributed by atoms with Crippen LogP contribution in [-0.2, 0) is 6.61 Å². The Balaban J connectivity index is 1.67. The summed E-state index contributed by atoms with van der Waals surface area (Å²) in [5, 5.41) is 0.798. The Hall–Kier alpha value is -3.73. The van der Waals surface area contributed by atoms with Crippen molar-refractivity contribution in [3.63, 3.8) is 0 Å². The van der Waals surface area contributed by atoms with Crippen LogP contribution in [0.25, 0.3) is 22.1 Å². The fourth-order valence-corrected chi connectivity index (χ4v) is 3.13. The predicted octanol–water partition coefficient (Wildman–Crippen LogP) is 5.06. The molecule has 0 saturated carbocycles. The minimum Gasteiger partial charge on any atom is -0.497 e. The Kier molecular flexibility index (Phi) is 5.20. The van der Waals surface area contributed by atoms with E-state index in [0.717, 1.165) is 10.9 Å². The van der Waals surface area contributed by atoms with Gasteiger partial charge >= 0.3 is 5.63 Å². The number of rotatable bonds is 6. The van der Waals surface area contributed by atoms with Crippen molar-refractivity contribution in [1.29, 1.82) is 0 Å². The van der Waals surface area contributed by atoms with Crippen molar-refractivity contribution in [3.05, 3.63) is 88.8 Å². The minimum absolute atomic E-state index is 0.425. The highest BCUT2D eigenvalue weighted by atomic mass is 16.5. The largest absolute Gasteiger partial charge is 0.497 e. The van der Waals surface area contributed by atoms with Crippen LogP contribution < -0.4 is 19.8 Å². The first-order chi connectivity index (χ1) is 14.2. The van der Waals surface area contributed by atoms with Gasteiger partial charge in [-0.05, 0) is 35.9 Å². The maximum atomic E-state index is 12.6. The highest BCUT2D eigenvalue weighted by Crippen LogP contribution is 2.33. The summed E-state index contributed by atoms with van der Waals surface area (Å²) < 4.78 is 22.1. The van der Waals surface area contributed by atoms with E-state index in [2.05, 4.69) is 0 Å². The highest BCUT2D eigenvalue weighted by molar-refractivity contribution is 5.84. The second kappa shape index (κ2) is 8.10. The third-order valence-corrected chi connectivity index (χ3v) is 4.65. The fourth-order valence-electron chi connectivity index (χ4n) is 3.13. The van der Waals surface area contributed by atoms with Crippen molar-refractivity contribution >= 4 is 11.0 Å². The van der Waals surface area contributed by atoms with Crippen LogP contribution in [0.3, 0.4) is 0 Å². The summed E-state index contributed by atoms with van der Waals surface area (Å²) >= 11 is 0. The molecule has 0 fully saturated rings. The lowest BCUT2D eigenvalue weighted by Gasteiger charge is -2.12. The molecule has 0 amide bonds. The molecule has 146 valence electrons. The molecule has 1 heterocycles. The third kappa shape index (κ3) is 3.94. The lowest BCUT2D eigenvalue weighted by molar-refractivity contribution is 0.304. The van der Waals surface area contributed by atoms with Crippen LogP contribution in [0.1, 0.15) is 5.56 Å². The van der Waals surface area contributed by atoms with Gasteiger partial charge in [0.15, 0.2) is 0 Å². The molecule has 5 heteroatoms. The van der Waals surface area contributed by atoms with Crippen molar-refractivity contribution in [2.45, 2.75) is 6.61 Å². The van der Waals surface area contributed by atoms with Gasteiger partial charge in [0, 0.05) is 23.1 Å². The number of ether oxygens (including phenoxy) is 3. The fraction of sp³-hybridized carbons (Fsp3) is 0.125. The predicted molar refractivity (Wildman–Crippen MR) is 112 cm³/mol. The first-order valence-corrected chi connectivity index (χ1v) is 9.15. The smallest absolute Gasteiger partial charge is 0.344 e. The van der Waals surface area contributed by atoms with Crippen molar-refractivity contribution in [2.75, 3.05) is 14.2 Å². The highest BCUT2D eigenvalue weighted by Gasteiger charge is 2.14. The van der Waals surface area contributed by atoms with Gasteiger partial charge in [-0.3, -0.25) is 0 Å². The lowest BCUT2D eigenvalue weighted by atomic mass is 10.0. The molecule has 0 unspecified atom stereocenters. The van der Waals surface area contributed by atoms with E-state index < -0.39 is 5.63 Å². The summed E-state index contributed by atoms with van der Waals surface area (Å²) in [6, 6.07) is 22.5. The maximum absolute atomic E-state index is 12.6. The first-order valence-electron chi connectivity index (χ1n) is 9.15. The molecule has 0 atom stereocenters. The molecule has 5 nitrogen and oxygen atoms in total. The number of hydrogen-bond acceptors (Lipinski definition) is 5. The third-order valence-electron chi connectivity index (χ3n) is 4.65. The molecule has 0 spiro atoms. The van der Waals surface area contributed by atoms with Crippen LogP contribution in [-0.4, -0.2) is 14.2 Å². The average molecular weight is 388 g/mol. The van der Waals surface area contributed by atoms with Gasteiger partial charge in [0.1, 0.15) is 29.4 Å². The Bertz CT molecular complexity index is 1200. The maximum Gasteiger partial charge on any atom is 0.344 e. The lowest BCUT2D eigenvalue weighted by Crippen LogP contribution is -2.04. The van der Waals surface area contributed by atoms with E-state index in [-0.39, 0.29) is 0 Å². The first kappa shape index (κ1) is 18.6. The minimum atomic E-state index is -0.443. The molecule has 4 rings (SSSR count). The van der Waals surface area contributed by atoms with Crippen molar-refractivity contribution in [3.8, 4) is 28.4 Å². The van der Waals surface area contributed by atoms with Crippen LogP contribution in [0, 0.1) is 0 Å². The van der Waals surface area contributed by atoms with Crippen LogP contribution >= 0.6 is 0 Å². The molecule has 3 aromatic carbocycles. The summed E-state index contributed by atoms with van der Waals surface area (Å²) in [4.78, 5) is 12.6. The Morgan fingerprint density at radius 1 is 0.793 bits per heavy atom. The average Bonchev–Trinajstić information content (AvgIpc) is 2.77. The SMILES string of the molecule is COc1ccc2cc(-c3ccc(OCc4ccccc4)cc3OC)c(=O)oc2c1. The quantitative estimate of drug-likeness (QED) is 0.432. The molecule has 0 aliphatic carbocycles. The summed E-state index contributed by atoms with van der Waals surface area (Å²) in [6.07, 6.45) is 0. The Labute approximate surface area is 168 Å². The van der Waals surface area contributed by atoms with Crippen molar-refractivity contribution in [2.24, 2.45) is 0 Å². The van der Waals surface area contributed by atoms with E-state index in [1.807, 2.05) is 48.5 Å². The van der Waals surface area contributed by atoms with Gasteiger partial charge in [0.25, 0.3) is 0 Å². The molecule has 0 saturated heterocycles. The zero-order valence-corrected chi connectivity index (χ0v) is 16.2. The topological polar surface area (TPSA) is 57.9 Å². The number of fused-ring (bicyclic) bond motifs is 1. The number of methoxy groups -OCH3 is 2. The van der Waals surface area contributed by atoms with Gasteiger partial charge in [-0.15, -0.1) is 0 Å². The summed E-state index contributed by atoms with van der Waals surface area (Å²) in [7, 11) is 3.13. The van der Waals surface area contributed by atoms with Crippen molar-refractivity contribution in [1.82, 2.24) is 0 Å². The molecule has 1 aromatic heterocycles. The zero-order valence-electron chi connectivity index (χ0n) is 16.2. The van der Waals surface area contributed by atoms with Crippen LogP contribution in [0.15, 0.2) is 82.0 Å². The molecule has 0 radical (unpaired) electrons. The zero-order chi connectivity index (χ0) is 20.2. The van der Waals surface area contributed by atoms with E-state index in [9.17, 15) is 4.79 Å². The molecule has 29 heavy (non-hydrogen) atoms. The van der Waals surface area contributed by atoms with Gasteiger partial charge in [0.2, 0.25) is 0 Å². The van der Waals surface area contributed by atoms with E-state index in [0.29, 0.717) is 40.6 Å². The standard InChI is InChI=1S/C24H20O5/c1-26-18-9-8-17-12-21(24(25)29-22(17)13-18)20-11-10-19(14-23(20)27-2)28-15-16-6-4-3-5-7-16/h3-14H,15H2,1-2H3. The van der Waals surface area contributed by atoms with Crippen LogP contribution in [0.2, 0.25) is 0 Å². The van der Waals surface area contributed by atoms with Gasteiger partial charge in [-0.25, -0.2) is 4.79 Å². The van der Waals surface area contributed by atoms with Crippen LogP contribution in [0.5, 0.6) is 17.2 Å². The Morgan fingerprint density at radius 2 is 1.59 bits per heavy atom. The van der Waals surface area contributed by atoms with Gasteiger partial charge < -0.3 is 18.6 Å². The number of hydrogen-bond donors (Lipinski definition) is 0. The second-order valence-electron chi connectivity index (χ2n) is 6.49. The van der Waals surface area contributed by atoms with E-state index in [4.69, 9.17) is 18.6 Å². The molecule has 0 N–H and O–H groups in total. The van der Waals surface area contributed by atoms with Crippen molar-refractivity contribution < 1.29 is 18.6 Å². The Morgan fingerprint density at radius 3 is 2.34 bits per heavy atom. The molecular weight excluding hydrogens is 368 g/mol. The van der Waals surface area contributed by atoms with Gasteiger partial charge in [-0.1, -0.05) is 30.3 Å². The molecule has 0 aliphatic heterocycles. The summed E-state index contributed by atoms with van der Waals surface area (Å²) in [5.74, 6) is 1.82. The number of benzene rings is 3. The normalized spacial score (nSPS) is 10.7. The molecule has 0 aliphatic rings. The second-order valence-corrected chi connectivity index (χ2v) is 6.49. The summed E-state index contributed by atoms with van der Waals surface area (Å²) in [6.45, 7) is 0.448. The van der Waals surface area contributed by atoms with Gasteiger partial charge in [-0.2, -0.15) is 0 Å². The monoisotopic (exact) mass is 388 g/mol. The van der Waals surface area contributed by atoms with E-state index >= 15 is 0 Å². The van der Waals surface area contributed by atoms with E-state index in [1.165, 1.54) is 0 Å².